The first-order chi connectivity index (χ1) is 22.0. The summed E-state index contributed by atoms with van der Waals surface area (Å²) in [6.45, 7) is 13.8. The average molecular weight is 643 g/mol. The van der Waals surface area contributed by atoms with E-state index in [4.69, 9.17) is 4.74 Å². The number of rotatable bonds is 9. The summed E-state index contributed by atoms with van der Waals surface area (Å²) in [7, 11) is 0. The number of carbonyl (C=O) groups excluding carboxylic acids is 2. The first-order valence-corrected chi connectivity index (χ1v) is 17.4. The number of carbonyl (C=O) groups is 2. The molecule has 9 nitrogen and oxygen atoms in total. The molecule has 1 spiro atoms. The predicted molar refractivity (Wildman–Crippen MR) is 172 cm³/mol. The summed E-state index contributed by atoms with van der Waals surface area (Å²) in [4.78, 5) is 39.5. The Kier molecular flexibility index (Phi) is 10.9. The molecule has 0 aromatic carbocycles. The second-order valence-corrected chi connectivity index (χ2v) is 14.5. The molecule has 4 aliphatic heterocycles. The molecule has 5 heterocycles. The van der Waals surface area contributed by atoms with Crippen LogP contribution in [0.4, 0.5) is 13.6 Å². The summed E-state index contributed by atoms with van der Waals surface area (Å²) >= 11 is 0. The van der Waals surface area contributed by atoms with Gasteiger partial charge in [-0.15, -0.1) is 0 Å². The van der Waals surface area contributed by atoms with E-state index in [2.05, 4.69) is 29.8 Å². The number of unbranched alkanes of at least 4 members (excludes halogenated alkanes) is 1. The van der Waals surface area contributed by atoms with Crippen LogP contribution in [0.25, 0.3) is 0 Å². The molecular weight excluding hydrogens is 590 g/mol. The third-order valence-corrected chi connectivity index (χ3v) is 11.4. The Hall–Kier alpha value is -2.84. The normalized spacial score (nSPS) is 24.3. The number of ether oxygens (including phenoxy) is 1. The summed E-state index contributed by atoms with van der Waals surface area (Å²) in [6, 6.07) is 3.76. The summed E-state index contributed by atoms with van der Waals surface area (Å²) in [5.41, 5.74) is 1.85. The summed E-state index contributed by atoms with van der Waals surface area (Å²) in [5, 5.41) is 9.23. The average Bonchev–Trinajstić information content (AvgIpc) is 3.02. The highest BCUT2D eigenvalue weighted by molar-refractivity contribution is 5.96. The van der Waals surface area contributed by atoms with E-state index >= 15 is 0 Å². The maximum absolute atomic E-state index is 13.5. The second-order valence-electron chi connectivity index (χ2n) is 14.5. The number of nitriles is 1. The van der Waals surface area contributed by atoms with Crippen molar-refractivity contribution in [3.63, 3.8) is 0 Å². The Bertz CT molecular complexity index is 1250. The minimum Gasteiger partial charge on any atom is -0.442 e. The van der Waals surface area contributed by atoms with Crippen molar-refractivity contribution < 1.29 is 23.1 Å². The van der Waals surface area contributed by atoms with Crippen molar-refractivity contribution >= 4 is 12.0 Å². The minimum absolute atomic E-state index is 0.0113. The van der Waals surface area contributed by atoms with Gasteiger partial charge in [0, 0.05) is 63.6 Å². The van der Waals surface area contributed by atoms with Crippen LogP contribution >= 0.6 is 0 Å². The fourth-order valence-corrected chi connectivity index (χ4v) is 8.45. The van der Waals surface area contributed by atoms with Crippen LogP contribution in [0.1, 0.15) is 98.9 Å². The number of hydrogen-bond acceptors (Lipinski definition) is 7. The van der Waals surface area contributed by atoms with Crippen LogP contribution in [0.2, 0.25) is 0 Å². The predicted octanol–water partition coefficient (Wildman–Crippen LogP) is 5.64. The SMILES string of the molecule is CCCCC1CN(CC2CCN(CC(F)F)CC2)C(=O)OC12CCN(C1(C)CCN(C(=O)c3c(C)cc(C#N)nc3C)CC1)CC2. The van der Waals surface area contributed by atoms with E-state index in [0.29, 0.717) is 62.1 Å². The van der Waals surface area contributed by atoms with Gasteiger partial charge < -0.3 is 14.5 Å². The Morgan fingerprint density at radius 2 is 1.78 bits per heavy atom. The number of halogens is 2. The zero-order chi connectivity index (χ0) is 33.1. The van der Waals surface area contributed by atoms with Crippen LogP contribution in [-0.2, 0) is 4.74 Å². The Balaban J connectivity index is 1.17. The molecule has 4 aliphatic rings. The number of aryl methyl sites for hydroxylation is 2. The molecule has 4 saturated heterocycles. The number of alkyl halides is 2. The van der Waals surface area contributed by atoms with Gasteiger partial charge in [0.05, 0.1) is 17.8 Å². The number of aromatic nitrogens is 1. The van der Waals surface area contributed by atoms with Crippen LogP contribution in [0.3, 0.4) is 0 Å². The number of hydrogen-bond donors (Lipinski definition) is 0. The van der Waals surface area contributed by atoms with Crippen molar-refractivity contribution in [1.29, 1.82) is 5.26 Å². The lowest BCUT2D eigenvalue weighted by molar-refractivity contribution is -0.134. The quantitative estimate of drug-likeness (QED) is 0.345. The van der Waals surface area contributed by atoms with Crippen molar-refractivity contribution in [2.24, 2.45) is 11.8 Å². The van der Waals surface area contributed by atoms with Crippen LogP contribution in [0, 0.1) is 37.0 Å². The van der Waals surface area contributed by atoms with E-state index in [1.165, 1.54) is 0 Å². The minimum atomic E-state index is -2.30. The number of likely N-dealkylation sites (tertiary alicyclic amines) is 3. The van der Waals surface area contributed by atoms with Crippen LogP contribution in [0.5, 0.6) is 0 Å². The van der Waals surface area contributed by atoms with E-state index in [1.807, 2.05) is 21.6 Å². The molecule has 5 rings (SSSR count). The highest BCUT2D eigenvalue weighted by Gasteiger charge is 2.51. The second kappa shape index (κ2) is 14.5. The molecule has 2 amide bonds. The first kappa shape index (κ1) is 34.5. The highest BCUT2D eigenvalue weighted by Crippen LogP contribution is 2.43. The van der Waals surface area contributed by atoms with E-state index in [1.54, 1.807) is 13.0 Å². The lowest BCUT2D eigenvalue weighted by atomic mass is 9.74. The standard InChI is InChI=1S/C35H52F2N6O3/c1-5-6-7-28-23-42(22-27-8-14-40(15-9-27)24-30(36)37)33(45)46-35(28)12-18-43(19-13-35)34(4)10-16-41(17-11-34)32(44)31-25(2)20-29(21-38)39-26(31)3/h20,27-28,30H,5-19,22-24H2,1-4H3. The molecular formula is C35H52F2N6O3. The molecule has 1 atom stereocenters. The van der Waals surface area contributed by atoms with E-state index < -0.39 is 12.0 Å². The molecule has 1 aromatic heterocycles. The zero-order valence-corrected chi connectivity index (χ0v) is 28.2. The van der Waals surface area contributed by atoms with Crippen LogP contribution < -0.4 is 0 Å². The van der Waals surface area contributed by atoms with Gasteiger partial charge in [-0.2, -0.15) is 5.26 Å². The summed E-state index contributed by atoms with van der Waals surface area (Å²) < 4.78 is 32.1. The maximum atomic E-state index is 13.5. The van der Waals surface area contributed by atoms with Crippen molar-refractivity contribution in [3.8, 4) is 6.07 Å². The fraction of sp³-hybridized carbons (Fsp3) is 0.771. The molecule has 0 aliphatic carbocycles. The third kappa shape index (κ3) is 7.49. The van der Waals surface area contributed by atoms with Gasteiger partial charge in [0.1, 0.15) is 17.4 Å². The van der Waals surface area contributed by atoms with Crippen molar-refractivity contribution in [3.05, 3.63) is 28.6 Å². The highest BCUT2D eigenvalue weighted by atomic mass is 19.3. The van der Waals surface area contributed by atoms with Crippen molar-refractivity contribution in [2.75, 3.05) is 58.9 Å². The van der Waals surface area contributed by atoms with Gasteiger partial charge in [-0.05, 0) is 83.5 Å². The lowest BCUT2D eigenvalue weighted by Gasteiger charge is -2.55. The number of pyridine rings is 1. The molecule has 46 heavy (non-hydrogen) atoms. The van der Waals surface area contributed by atoms with Gasteiger partial charge in [-0.25, -0.2) is 18.6 Å². The molecule has 0 bridgehead atoms. The Labute approximate surface area is 273 Å². The van der Waals surface area contributed by atoms with Gasteiger partial charge in [0.15, 0.2) is 0 Å². The van der Waals surface area contributed by atoms with Gasteiger partial charge >= 0.3 is 6.09 Å². The molecule has 11 heteroatoms. The topological polar surface area (TPSA) is 93.0 Å². The molecule has 0 N–H and O–H groups in total. The number of piperidine rings is 3. The summed E-state index contributed by atoms with van der Waals surface area (Å²) in [6.07, 6.45) is 5.77. The van der Waals surface area contributed by atoms with E-state index in [9.17, 15) is 23.6 Å². The smallest absolute Gasteiger partial charge is 0.410 e. The molecule has 254 valence electrons. The number of amides is 2. The Morgan fingerprint density at radius 1 is 1.11 bits per heavy atom. The first-order valence-electron chi connectivity index (χ1n) is 17.4. The van der Waals surface area contributed by atoms with Gasteiger partial charge in [-0.3, -0.25) is 14.6 Å². The largest absolute Gasteiger partial charge is 0.442 e. The Morgan fingerprint density at radius 3 is 2.37 bits per heavy atom. The third-order valence-electron chi connectivity index (χ3n) is 11.4. The monoisotopic (exact) mass is 642 g/mol. The molecule has 1 aromatic rings. The van der Waals surface area contributed by atoms with Gasteiger partial charge in [0.2, 0.25) is 0 Å². The molecule has 0 radical (unpaired) electrons. The van der Waals surface area contributed by atoms with Crippen molar-refractivity contribution in [1.82, 2.24) is 24.6 Å². The zero-order valence-electron chi connectivity index (χ0n) is 28.2. The number of nitrogens with zero attached hydrogens (tertiary/aromatic N) is 6. The molecule has 1 unspecified atom stereocenters. The molecule has 4 fully saturated rings. The maximum Gasteiger partial charge on any atom is 0.410 e. The lowest BCUT2D eigenvalue weighted by Crippen LogP contribution is -2.64. The van der Waals surface area contributed by atoms with Crippen LogP contribution in [0.15, 0.2) is 6.07 Å². The van der Waals surface area contributed by atoms with Gasteiger partial charge in [-0.1, -0.05) is 19.8 Å². The van der Waals surface area contributed by atoms with E-state index in [0.717, 1.165) is 76.4 Å². The van der Waals surface area contributed by atoms with E-state index in [-0.39, 0.29) is 30.0 Å². The van der Waals surface area contributed by atoms with Gasteiger partial charge in [0.25, 0.3) is 12.3 Å². The van der Waals surface area contributed by atoms with Crippen LogP contribution in [-0.4, -0.2) is 113 Å². The molecule has 0 saturated carbocycles. The summed E-state index contributed by atoms with van der Waals surface area (Å²) in [5.74, 6) is 0.594. The fourth-order valence-electron chi connectivity index (χ4n) is 8.45. The van der Waals surface area contributed by atoms with Crippen molar-refractivity contribution in [2.45, 2.75) is 103 Å².